The first kappa shape index (κ1) is 16.3. The molecule has 1 N–H and O–H groups in total. The van der Waals surface area contributed by atoms with Gasteiger partial charge in [-0.3, -0.25) is 10.1 Å². The van der Waals surface area contributed by atoms with Crippen molar-refractivity contribution in [3.63, 3.8) is 0 Å². The van der Waals surface area contributed by atoms with Gasteiger partial charge in [-0.05, 0) is 35.7 Å². The van der Waals surface area contributed by atoms with Gasteiger partial charge < -0.3 is 0 Å². The number of anilines is 1. The van der Waals surface area contributed by atoms with Crippen LogP contribution >= 0.6 is 11.3 Å². The minimum atomic E-state index is -0.380. The van der Waals surface area contributed by atoms with Crippen LogP contribution < -0.4 is 5.32 Å². The molecule has 0 aliphatic heterocycles. The quantitative estimate of drug-likeness (QED) is 0.747. The van der Waals surface area contributed by atoms with E-state index in [-0.39, 0.29) is 11.7 Å². The summed E-state index contributed by atoms with van der Waals surface area (Å²) in [7, 11) is 0. The number of carbonyl (C=O) groups excluding carboxylic acids is 1. The summed E-state index contributed by atoms with van der Waals surface area (Å²) >= 11 is 1.30. The first-order valence-corrected chi connectivity index (χ1v) is 8.35. The third-order valence-corrected chi connectivity index (χ3v) is 4.46. The highest BCUT2D eigenvalue weighted by Crippen LogP contribution is 2.28. The summed E-state index contributed by atoms with van der Waals surface area (Å²) < 4.78 is 12.9. The second-order valence-electron chi connectivity index (χ2n) is 5.65. The lowest BCUT2D eigenvalue weighted by Crippen LogP contribution is -2.11. The van der Waals surface area contributed by atoms with Crippen LogP contribution in [-0.2, 0) is 0 Å². The van der Waals surface area contributed by atoms with Crippen molar-refractivity contribution in [2.75, 3.05) is 5.32 Å². The number of carbonyl (C=O) groups is 1. The lowest BCUT2D eigenvalue weighted by Gasteiger charge is -2.04. The number of rotatable bonds is 4. The van der Waals surface area contributed by atoms with E-state index in [0.29, 0.717) is 16.6 Å². The smallest absolute Gasteiger partial charge is 0.257 e. The zero-order valence-corrected chi connectivity index (χ0v) is 14.1. The molecule has 1 aromatic heterocycles. The molecule has 0 radical (unpaired) electrons. The van der Waals surface area contributed by atoms with Crippen LogP contribution in [0.15, 0.2) is 48.5 Å². The topological polar surface area (TPSA) is 54.9 Å². The molecule has 1 amide bonds. The van der Waals surface area contributed by atoms with Crippen LogP contribution in [0, 0.1) is 5.82 Å². The Hall–Kier alpha value is -2.60. The zero-order valence-electron chi connectivity index (χ0n) is 13.3. The third kappa shape index (κ3) is 3.65. The highest BCUT2D eigenvalue weighted by Gasteiger charge is 2.11. The van der Waals surface area contributed by atoms with Gasteiger partial charge in [0.1, 0.15) is 10.8 Å². The van der Waals surface area contributed by atoms with Crippen molar-refractivity contribution in [3.05, 3.63) is 65.5 Å². The number of hydrogen-bond acceptors (Lipinski definition) is 4. The van der Waals surface area contributed by atoms with Gasteiger partial charge in [-0.1, -0.05) is 49.4 Å². The fourth-order valence-electron chi connectivity index (χ4n) is 2.17. The average Bonchev–Trinajstić information content (AvgIpc) is 3.04. The molecule has 0 saturated heterocycles. The van der Waals surface area contributed by atoms with Crippen molar-refractivity contribution in [3.8, 4) is 10.6 Å². The molecule has 0 atom stereocenters. The molecule has 0 saturated carbocycles. The minimum absolute atomic E-state index is 0.340. The van der Waals surface area contributed by atoms with Gasteiger partial charge in [0.25, 0.3) is 5.91 Å². The Kier molecular flexibility index (Phi) is 4.66. The van der Waals surface area contributed by atoms with E-state index in [9.17, 15) is 9.18 Å². The van der Waals surface area contributed by atoms with Crippen molar-refractivity contribution in [1.29, 1.82) is 0 Å². The van der Waals surface area contributed by atoms with Crippen LogP contribution in [0.25, 0.3) is 10.6 Å². The molecule has 0 aliphatic carbocycles. The molecule has 122 valence electrons. The van der Waals surface area contributed by atoms with Crippen LogP contribution in [0.2, 0.25) is 0 Å². The normalized spacial score (nSPS) is 10.8. The molecule has 0 unspecified atom stereocenters. The predicted octanol–water partition coefficient (Wildman–Crippen LogP) is 4.72. The standard InChI is InChI=1S/C18H16FN3OS/c1-11(2)12-3-5-14(6-4-12)17-21-22-18(24-17)20-16(23)13-7-9-15(19)10-8-13/h3-11H,1-2H3,(H,20,22,23). The Balaban J connectivity index is 1.73. The number of hydrogen-bond donors (Lipinski definition) is 1. The van der Waals surface area contributed by atoms with E-state index < -0.39 is 0 Å². The Morgan fingerprint density at radius 2 is 1.71 bits per heavy atom. The molecule has 0 fully saturated rings. The van der Waals surface area contributed by atoms with Gasteiger partial charge in [0.05, 0.1) is 0 Å². The molecule has 3 aromatic rings. The molecule has 6 heteroatoms. The first-order valence-electron chi connectivity index (χ1n) is 7.53. The Labute approximate surface area is 143 Å². The van der Waals surface area contributed by atoms with Crippen LogP contribution in [0.4, 0.5) is 9.52 Å². The molecule has 3 rings (SSSR count). The van der Waals surface area contributed by atoms with Gasteiger partial charge in [-0.15, -0.1) is 10.2 Å². The van der Waals surface area contributed by atoms with Crippen molar-refractivity contribution in [1.82, 2.24) is 10.2 Å². The summed E-state index contributed by atoms with van der Waals surface area (Å²) in [6.07, 6.45) is 0. The minimum Gasteiger partial charge on any atom is -0.296 e. The first-order chi connectivity index (χ1) is 11.5. The average molecular weight is 341 g/mol. The number of amides is 1. The van der Waals surface area contributed by atoms with E-state index in [1.807, 2.05) is 12.1 Å². The van der Waals surface area contributed by atoms with E-state index in [0.717, 1.165) is 10.6 Å². The molecule has 24 heavy (non-hydrogen) atoms. The Bertz CT molecular complexity index is 841. The van der Waals surface area contributed by atoms with Crippen molar-refractivity contribution >= 4 is 22.4 Å². The van der Waals surface area contributed by atoms with E-state index >= 15 is 0 Å². The van der Waals surface area contributed by atoms with E-state index in [1.54, 1.807) is 0 Å². The largest absolute Gasteiger partial charge is 0.296 e. The van der Waals surface area contributed by atoms with Crippen LogP contribution in [0.5, 0.6) is 0 Å². The maximum atomic E-state index is 12.9. The monoisotopic (exact) mass is 341 g/mol. The second-order valence-corrected chi connectivity index (χ2v) is 6.63. The summed E-state index contributed by atoms with van der Waals surface area (Å²) in [6.45, 7) is 4.28. The lowest BCUT2D eigenvalue weighted by atomic mass is 10.0. The highest BCUT2D eigenvalue weighted by atomic mass is 32.1. The molecule has 0 spiro atoms. The molecular formula is C18H16FN3OS. The molecular weight excluding hydrogens is 325 g/mol. The summed E-state index contributed by atoms with van der Waals surface area (Å²) in [5.74, 6) is -0.249. The fourth-order valence-corrected chi connectivity index (χ4v) is 2.92. The number of halogens is 1. The summed E-state index contributed by atoms with van der Waals surface area (Å²) in [5.41, 5.74) is 2.58. The SMILES string of the molecule is CC(C)c1ccc(-c2nnc(NC(=O)c3ccc(F)cc3)s2)cc1. The Morgan fingerprint density at radius 3 is 2.33 bits per heavy atom. The van der Waals surface area contributed by atoms with Crippen molar-refractivity contribution < 1.29 is 9.18 Å². The number of aromatic nitrogens is 2. The zero-order chi connectivity index (χ0) is 17.1. The summed E-state index contributed by atoms with van der Waals surface area (Å²) in [4.78, 5) is 12.1. The van der Waals surface area contributed by atoms with E-state index in [4.69, 9.17) is 0 Å². The van der Waals surface area contributed by atoms with Gasteiger partial charge >= 0.3 is 0 Å². The fraction of sp³-hybridized carbons (Fsp3) is 0.167. The third-order valence-electron chi connectivity index (χ3n) is 3.58. The van der Waals surface area contributed by atoms with Crippen LogP contribution in [0.3, 0.4) is 0 Å². The van der Waals surface area contributed by atoms with Gasteiger partial charge in [0.2, 0.25) is 5.13 Å². The number of nitrogens with one attached hydrogen (secondary N) is 1. The van der Waals surface area contributed by atoms with E-state index in [1.165, 1.54) is 41.2 Å². The predicted molar refractivity (Wildman–Crippen MR) is 93.8 cm³/mol. The van der Waals surface area contributed by atoms with Crippen LogP contribution in [0.1, 0.15) is 35.7 Å². The van der Waals surface area contributed by atoms with Crippen LogP contribution in [-0.4, -0.2) is 16.1 Å². The van der Waals surface area contributed by atoms with Gasteiger partial charge in [-0.25, -0.2) is 4.39 Å². The molecule has 2 aromatic carbocycles. The van der Waals surface area contributed by atoms with Gasteiger partial charge in [0.15, 0.2) is 0 Å². The maximum absolute atomic E-state index is 12.9. The van der Waals surface area contributed by atoms with Gasteiger partial charge in [-0.2, -0.15) is 0 Å². The molecule has 0 aliphatic rings. The van der Waals surface area contributed by atoms with E-state index in [2.05, 4.69) is 41.5 Å². The lowest BCUT2D eigenvalue weighted by molar-refractivity contribution is 0.102. The Morgan fingerprint density at radius 1 is 1.04 bits per heavy atom. The molecule has 4 nitrogen and oxygen atoms in total. The molecule has 1 heterocycles. The van der Waals surface area contributed by atoms with Crippen molar-refractivity contribution in [2.24, 2.45) is 0 Å². The maximum Gasteiger partial charge on any atom is 0.257 e. The number of benzene rings is 2. The second kappa shape index (κ2) is 6.88. The summed E-state index contributed by atoms with van der Waals surface area (Å²) in [5, 5.41) is 11.9. The highest BCUT2D eigenvalue weighted by molar-refractivity contribution is 7.18. The van der Waals surface area contributed by atoms with Gasteiger partial charge in [0, 0.05) is 11.1 Å². The summed E-state index contributed by atoms with van der Waals surface area (Å²) in [6, 6.07) is 13.5. The number of nitrogens with zero attached hydrogens (tertiary/aromatic N) is 2. The van der Waals surface area contributed by atoms with Crippen molar-refractivity contribution in [2.45, 2.75) is 19.8 Å². The molecule has 0 bridgehead atoms.